The summed E-state index contributed by atoms with van der Waals surface area (Å²) in [5, 5.41) is 6.92. The molecule has 1 aromatic heterocycles. The Hall–Kier alpha value is -3.60. The summed E-state index contributed by atoms with van der Waals surface area (Å²) in [7, 11) is -0.426. The Labute approximate surface area is 210 Å². The average Bonchev–Trinajstić information content (AvgIpc) is 3.35. The molecule has 0 aliphatic carbocycles. The minimum atomic E-state index is -0.426. The highest BCUT2D eigenvalue weighted by atomic mass is 16.7. The highest BCUT2D eigenvalue weighted by Crippen LogP contribution is 2.40. The molecule has 36 heavy (non-hydrogen) atoms. The van der Waals surface area contributed by atoms with Gasteiger partial charge in [-0.1, -0.05) is 72.8 Å². The second-order valence-corrected chi connectivity index (χ2v) is 10.8. The molecule has 3 nitrogen and oxygen atoms in total. The number of hydrogen-bond acceptors (Lipinski definition) is 3. The van der Waals surface area contributed by atoms with Crippen molar-refractivity contribution in [1.82, 2.24) is 0 Å². The highest BCUT2D eigenvalue weighted by molar-refractivity contribution is 6.65. The van der Waals surface area contributed by atoms with Crippen molar-refractivity contribution in [2.24, 2.45) is 0 Å². The van der Waals surface area contributed by atoms with Gasteiger partial charge in [-0.05, 0) is 78.6 Å². The van der Waals surface area contributed by atoms with Gasteiger partial charge < -0.3 is 13.7 Å². The molecule has 0 saturated carbocycles. The lowest BCUT2D eigenvalue weighted by atomic mass is 9.74. The van der Waals surface area contributed by atoms with E-state index < -0.39 is 18.3 Å². The van der Waals surface area contributed by atoms with Crippen LogP contribution >= 0.6 is 0 Å². The maximum atomic E-state index is 6.47. The minimum absolute atomic E-state index is 0.397. The molecule has 0 unspecified atom stereocenters. The van der Waals surface area contributed by atoms with Gasteiger partial charge in [-0.15, -0.1) is 0 Å². The quantitative estimate of drug-likeness (QED) is 0.242. The first-order valence-electron chi connectivity index (χ1n) is 12.5. The molecule has 176 valence electrons. The van der Waals surface area contributed by atoms with Gasteiger partial charge >= 0.3 is 7.12 Å². The van der Waals surface area contributed by atoms with E-state index in [1.54, 1.807) is 0 Å². The molecule has 0 N–H and O–H groups in total. The Bertz CT molecular complexity index is 1790. The van der Waals surface area contributed by atoms with Crippen LogP contribution in [0.4, 0.5) is 0 Å². The summed E-state index contributed by atoms with van der Waals surface area (Å²) in [6.45, 7) is 8.39. The van der Waals surface area contributed by atoms with Crippen molar-refractivity contribution in [1.29, 1.82) is 0 Å². The van der Waals surface area contributed by atoms with Crippen molar-refractivity contribution in [3.05, 3.63) is 91.0 Å². The van der Waals surface area contributed by atoms with Crippen LogP contribution in [0.15, 0.2) is 95.4 Å². The van der Waals surface area contributed by atoms with Crippen LogP contribution in [0, 0.1) is 0 Å². The van der Waals surface area contributed by atoms with E-state index in [2.05, 4.69) is 119 Å². The van der Waals surface area contributed by atoms with Crippen LogP contribution in [0.5, 0.6) is 0 Å². The molecule has 1 aliphatic rings. The van der Waals surface area contributed by atoms with Gasteiger partial charge in [0.1, 0.15) is 11.2 Å². The molecule has 0 radical (unpaired) electrons. The van der Waals surface area contributed by atoms with Gasteiger partial charge in [0.2, 0.25) is 0 Å². The molecule has 2 heterocycles. The van der Waals surface area contributed by atoms with Crippen LogP contribution in [-0.2, 0) is 9.31 Å². The first kappa shape index (κ1) is 21.7. The maximum absolute atomic E-state index is 6.47. The second-order valence-electron chi connectivity index (χ2n) is 10.8. The van der Waals surface area contributed by atoms with E-state index in [0.717, 1.165) is 49.3 Å². The van der Waals surface area contributed by atoms with Gasteiger partial charge in [0, 0.05) is 16.2 Å². The van der Waals surface area contributed by atoms with Crippen LogP contribution in [-0.4, -0.2) is 18.3 Å². The summed E-state index contributed by atoms with van der Waals surface area (Å²) in [5.74, 6) is 0. The lowest BCUT2D eigenvalue weighted by Gasteiger charge is -2.32. The van der Waals surface area contributed by atoms with Crippen LogP contribution in [0.3, 0.4) is 0 Å². The zero-order valence-electron chi connectivity index (χ0n) is 21.0. The minimum Gasteiger partial charge on any atom is -0.455 e. The second kappa shape index (κ2) is 7.46. The van der Waals surface area contributed by atoms with E-state index in [1.165, 1.54) is 10.8 Å². The SMILES string of the molecule is CC1(C)OB(c2cccc3cccc(-c4ccc5oc6c7ccccc7ccc6c5c4)c23)OC1(C)C. The zero-order valence-corrected chi connectivity index (χ0v) is 21.0. The fourth-order valence-corrected chi connectivity index (χ4v) is 5.45. The first-order valence-corrected chi connectivity index (χ1v) is 12.5. The molecule has 1 aliphatic heterocycles. The lowest BCUT2D eigenvalue weighted by Crippen LogP contribution is -2.41. The number of hydrogen-bond donors (Lipinski definition) is 0. The third-order valence-electron chi connectivity index (χ3n) is 8.12. The van der Waals surface area contributed by atoms with Crippen LogP contribution < -0.4 is 5.46 Å². The smallest absolute Gasteiger partial charge is 0.455 e. The van der Waals surface area contributed by atoms with Gasteiger partial charge in [-0.25, -0.2) is 0 Å². The Balaban J connectivity index is 1.44. The van der Waals surface area contributed by atoms with Crippen LogP contribution in [0.2, 0.25) is 0 Å². The number of benzene rings is 5. The maximum Gasteiger partial charge on any atom is 0.495 e. The Morgan fingerprint density at radius 1 is 0.611 bits per heavy atom. The monoisotopic (exact) mass is 470 g/mol. The molecule has 5 aromatic carbocycles. The van der Waals surface area contributed by atoms with Crippen molar-refractivity contribution in [2.75, 3.05) is 0 Å². The molecular weight excluding hydrogens is 443 g/mol. The third-order valence-corrected chi connectivity index (χ3v) is 8.12. The van der Waals surface area contributed by atoms with E-state index in [0.29, 0.717) is 0 Å². The number of rotatable bonds is 2. The predicted octanol–water partition coefficient (Wildman–Crippen LogP) is 7.86. The van der Waals surface area contributed by atoms with Crippen LogP contribution in [0.1, 0.15) is 27.7 Å². The van der Waals surface area contributed by atoms with Crippen molar-refractivity contribution in [2.45, 2.75) is 38.9 Å². The summed E-state index contributed by atoms with van der Waals surface area (Å²) >= 11 is 0. The lowest BCUT2D eigenvalue weighted by molar-refractivity contribution is 0.00578. The van der Waals surface area contributed by atoms with Crippen LogP contribution in [0.25, 0.3) is 54.6 Å². The summed E-state index contributed by atoms with van der Waals surface area (Å²) in [4.78, 5) is 0. The third kappa shape index (κ3) is 3.08. The van der Waals surface area contributed by atoms with E-state index in [-0.39, 0.29) is 0 Å². The van der Waals surface area contributed by atoms with Crippen molar-refractivity contribution < 1.29 is 13.7 Å². The molecule has 7 rings (SSSR count). The van der Waals surface area contributed by atoms with E-state index in [1.807, 2.05) is 0 Å². The standard InChI is InChI=1S/C32H27BO3/c1-31(2)32(3,4)36-33(35-31)27-14-8-11-21-10-7-13-23(29(21)27)22-16-18-28-26(19-22)25-17-15-20-9-5-6-12-24(20)30(25)34-28/h5-19H,1-4H3. The molecule has 0 amide bonds. The number of fused-ring (bicyclic) bond motifs is 6. The molecule has 1 saturated heterocycles. The van der Waals surface area contributed by atoms with Crippen molar-refractivity contribution >= 4 is 56.1 Å². The molecule has 6 aromatic rings. The molecule has 4 heteroatoms. The first-order chi connectivity index (χ1) is 17.3. The fourth-order valence-electron chi connectivity index (χ4n) is 5.45. The average molecular weight is 470 g/mol. The topological polar surface area (TPSA) is 31.6 Å². The summed E-state index contributed by atoms with van der Waals surface area (Å²) < 4.78 is 19.3. The Morgan fingerprint density at radius 2 is 1.33 bits per heavy atom. The highest BCUT2D eigenvalue weighted by Gasteiger charge is 2.52. The van der Waals surface area contributed by atoms with Gasteiger partial charge in [0.15, 0.2) is 0 Å². The van der Waals surface area contributed by atoms with Crippen molar-refractivity contribution in [3.63, 3.8) is 0 Å². The largest absolute Gasteiger partial charge is 0.495 e. The van der Waals surface area contributed by atoms with Gasteiger partial charge in [0.05, 0.1) is 11.2 Å². The summed E-state index contributed by atoms with van der Waals surface area (Å²) in [6.07, 6.45) is 0. The Kier molecular flexibility index (Phi) is 4.49. The normalized spacial score (nSPS) is 17.1. The predicted molar refractivity (Wildman–Crippen MR) is 150 cm³/mol. The summed E-state index contributed by atoms with van der Waals surface area (Å²) in [5.41, 5.74) is 4.42. The number of furan rings is 1. The van der Waals surface area contributed by atoms with E-state index in [9.17, 15) is 0 Å². The van der Waals surface area contributed by atoms with Gasteiger partial charge in [-0.3, -0.25) is 0 Å². The fraction of sp³-hybridized carbons (Fsp3) is 0.188. The van der Waals surface area contributed by atoms with E-state index >= 15 is 0 Å². The van der Waals surface area contributed by atoms with Crippen molar-refractivity contribution in [3.8, 4) is 11.1 Å². The van der Waals surface area contributed by atoms with Gasteiger partial charge in [0.25, 0.3) is 0 Å². The molecule has 1 fully saturated rings. The molecule has 0 spiro atoms. The molecule has 0 bridgehead atoms. The van der Waals surface area contributed by atoms with Gasteiger partial charge in [-0.2, -0.15) is 0 Å². The van der Waals surface area contributed by atoms with E-state index in [4.69, 9.17) is 13.7 Å². The molecule has 0 atom stereocenters. The summed E-state index contributed by atoms with van der Waals surface area (Å²) in [6, 6.07) is 32.1. The molecular formula is C32H27BO3. The Morgan fingerprint density at radius 3 is 2.14 bits per heavy atom. The zero-order chi connectivity index (χ0) is 24.7.